The standard InChI is InChI=1S/C24H29FN4O4/c1-14-27-12-17(13-28-14)15-5-7-18(22(26)31)16(11-15)6-8-20(30)21-19(25)9-10-29(21)23(32)33-24(2,3)4/h5,7,11-13,19,21H,6,8-10H2,1-4H3,(H2,26,31)/t19-,21-/m0/s1. The van der Waals surface area contributed by atoms with Crippen molar-refractivity contribution in [1.29, 1.82) is 0 Å². The monoisotopic (exact) mass is 456 g/mol. The summed E-state index contributed by atoms with van der Waals surface area (Å²) in [5.74, 6) is -0.417. The van der Waals surface area contributed by atoms with Gasteiger partial charge in [-0.2, -0.15) is 0 Å². The highest BCUT2D eigenvalue weighted by atomic mass is 19.1. The molecule has 8 nitrogen and oxygen atoms in total. The quantitative estimate of drug-likeness (QED) is 0.712. The molecule has 176 valence electrons. The third kappa shape index (κ3) is 5.91. The number of carbonyl (C=O) groups excluding carboxylic acids is 3. The van der Waals surface area contributed by atoms with Crippen molar-refractivity contribution < 1.29 is 23.5 Å². The van der Waals surface area contributed by atoms with Crippen molar-refractivity contribution in [1.82, 2.24) is 14.9 Å². The molecule has 1 fully saturated rings. The molecule has 0 radical (unpaired) electrons. The topological polar surface area (TPSA) is 115 Å². The van der Waals surface area contributed by atoms with Gasteiger partial charge < -0.3 is 10.5 Å². The van der Waals surface area contributed by atoms with E-state index in [1.807, 2.05) is 0 Å². The van der Waals surface area contributed by atoms with Gasteiger partial charge in [0, 0.05) is 36.5 Å². The molecule has 0 unspecified atom stereocenters. The summed E-state index contributed by atoms with van der Waals surface area (Å²) < 4.78 is 19.9. The first-order chi connectivity index (χ1) is 15.5. The number of benzene rings is 1. The highest BCUT2D eigenvalue weighted by Crippen LogP contribution is 2.27. The fourth-order valence-electron chi connectivity index (χ4n) is 3.82. The van der Waals surface area contributed by atoms with Gasteiger partial charge in [0.15, 0.2) is 5.78 Å². The maximum atomic E-state index is 14.6. The Balaban J connectivity index is 1.79. The highest BCUT2D eigenvalue weighted by molar-refractivity contribution is 5.95. The van der Waals surface area contributed by atoms with E-state index in [-0.39, 0.29) is 31.4 Å². The minimum Gasteiger partial charge on any atom is -0.444 e. The second-order valence-electron chi connectivity index (χ2n) is 9.14. The van der Waals surface area contributed by atoms with Gasteiger partial charge in [0.05, 0.1) is 0 Å². The van der Waals surface area contributed by atoms with Crippen molar-refractivity contribution in [2.45, 2.75) is 64.8 Å². The Bertz CT molecular complexity index is 1050. The third-order valence-corrected chi connectivity index (χ3v) is 5.41. The Labute approximate surface area is 192 Å². The van der Waals surface area contributed by atoms with Gasteiger partial charge in [0.1, 0.15) is 23.6 Å². The van der Waals surface area contributed by atoms with E-state index < -0.39 is 35.6 Å². The van der Waals surface area contributed by atoms with Crippen LogP contribution in [0.4, 0.5) is 9.18 Å². The molecule has 0 saturated carbocycles. The second kappa shape index (κ2) is 9.64. The molecule has 2 atom stereocenters. The van der Waals surface area contributed by atoms with E-state index in [0.29, 0.717) is 11.4 Å². The number of aromatic nitrogens is 2. The van der Waals surface area contributed by atoms with Crippen LogP contribution in [-0.2, 0) is 16.0 Å². The number of halogens is 1. The van der Waals surface area contributed by atoms with Crippen LogP contribution in [0.3, 0.4) is 0 Å². The molecule has 1 aromatic heterocycles. The number of rotatable bonds is 6. The van der Waals surface area contributed by atoms with Crippen molar-refractivity contribution in [2.24, 2.45) is 5.73 Å². The van der Waals surface area contributed by atoms with E-state index in [0.717, 1.165) is 16.0 Å². The number of nitrogens with zero attached hydrogens (tertiary/aromatic N) is 3. The van der Waals surface area contributed by atoms with Crippen LogP contribution in [-0.4, -0.2) is 57.0 Å². The molecule has 2 aromatic rings. The van der Waals surface area contributed by atoms with E-state index in [1.54, 1.807) is 58.3 Å². The summed E-state index contributed by atoms with van der Waals surface area (Å²) in [5.41, 5.74) is 7.12. The summed E-state index contributed by atoms with van der Waals surface area (Å²) in [6, 6.07) is 3.88. The molecular weight excluding hydrogens is 427 g/mol. The Morgan fingerprint density at radius 2 is 1.85 bits per heavy atom. The van der Waals surface area contributed by atoms with Gasteiger partial charge in [-0.3, -0.25) is 14.5 Å². The van der Waals surface area contributed by atoms with Crippen LogP contribution in [0.1, 0.15) is 55.4 Å². The normalized spacial score (nSPS) is 18.3. The molecular formula is C24H29FN4O4. The summed E-state index contributed by atoms with van der Waals surface area (Å²) in [6.45, 7) is 7.02. The van der Waals surface area contributed by atoms with Crippen molar-refractivity contribution in [2.75, 3.05) is 6.54 Å². The number of ether oxygens (including phenoxy) is 1. The fraction of sp³-hybridized carbons (Fsp3) is 0.458. The number of aryl methyl sites for hydroxylation is 2. The minimum absolute atomic E-state index is 0.0570. The smallest absolute Gasteiger partial charge is 0.411 e. The zero-order chi connectivity index (χ0) is 24.3. The van der Waals surface area contributed by atoms with E-state index in [2.05, 4.69) is 9.97 Å². The summed E-state index contributed by atoms with van der Waals surface area (Å²) in [6.07, 6.45) is 1.35. The van der Waals surface area contributed by atoms with Crippen LogP contribution in [0.2, 0.25) is 0 Å². The summed E-state index contributed by atoms with van der Waals surface area (Å²) >= 11 is 0. The van der Waals surface area contributed by atoms with Gasteiger partial charge in [0.2, 0.25) is 5.91 Å². The predicted molar refractivity (Wildman–Crippen MR) is 120 cm³/mol. The third-order valence-electron chi connectivity index (χ3n) is 5.41. The number of carbonyl (C=O) groups is 3. The lowest BCUT2D eigenvalue weighted by Gasteiger charge is -2.28. The van der Waals surface area contributed by atoms with Crippen molar-refractivity contribution in [3.8, 4) is 11.1 Å². The number of primary amides is 1. The molecule has 0 aliphatic carbocycles. The molecule has 33 heavy (non-hydrogen) atoms. The van der Waals surface area contributed by atoms with Crippen molar-refractivity contribution >= 4 is 17.8 Å². The Kier molecular flexibility index (Phi) is 7.09. The van der Waals surface area contributed by atoms with Crippen LogP contribution in [0.25, 0.3) is 11.1 Å². The average molecular weight is 457 g/mol. The number of nitrogens with two attached hydrogens (primary N) is 1. The van der Waals surface area contributed by atoms with Gasteiger partial charge in [-0.1, -0.05) is 12.1 Å². The summed E-state index contributed by atoms with van der Waals surface area (Å²) in [5, 5.41) is 0. The van der Waals surface area contributed by atoms with Gasteiger partial charge in [-0.15, -0.1) is 0 Å². The van der Waals surface area contributed by atoms with Gasteiger partial charge in [0.25, 0.3) is 0 Å². The molecule has 1 aromatic carbocycles. The molecule has 0 spiro atoms. The number of likely N-dealkylation sites (tertiary alicyclic amines) is 1. The summed E-state index contributed by atoms with van der Waals surface area (Å²) in [7, 11) is 0. The molecule has 0 bridgehead atoms. The van der Waals surface area contributed by atoms with Crippen molar-refractivity contribution in [3.63, 3.8) is 0 Å². The largest absolute Gasteiger partial charge is 0.444 e. The zero-order valence-corrected chi connectivity index (χ0v) is 19.3. The van der Waals surface area contributed by atoms with E-state index in [4.69, 9.17) is 10.5 Å². The minimum atomic E-state index is -1.46. The maximum Gasteiger partial charge on any atom is 0.411 e. The first-order valence-electron chi connectivity index (χ1n) is 10.8. The lowest BCUT2D eigenvalue weighted by molar-refractivity contribution is -0.124. The zero-order valence-electron chi connectivity index (χ0n) is 19.3. The van der Waals surface area contributed by atoms with Gasteiger partial charge in [-0.25, -0.2) is 19.2 Å². The number of amides is 2. The number of Topliss-reactive ketones (excluding diaryl/α,β-unsaturated/α-hetero) is 1. The number of alkyl halides is 1. The molecule has 2 heterocycles. The molecule has 3 rings (SSSR count). The Morgan fingerprint density at radius 3 is 2.45 bits per heavy atom. The first kappa shape index (κ1) is 24.3. The van der Waals surface area contributed by atoms with Crippen molar-refractivity contribution in [3.05, 3.63) is 47.5 Å². The molecule has 1 aliphatic heterocycles. The van der Waals surface area contributed by atoms with Gasteiger partial charge in [-0.05, 0) is 57.7 Å². The van der Waals surface area contributed by atoms with Crippen LogP contribution in [0.15, 0.2) is 30.6 Å². The Morgan fingerprint density at radius 1 is 1.18 bits per heavy atom. The van der Waals surface area contributed by atoms with E-state index in [9.17, 15) is 18.8 Å². The maximum absolute atomic E-state index is 14.6. The van der Waals surface area contributed by atoms with E-state index >= 15 is 0 Å². The molecule has 2 N–H and O–H groups in total. The lowest BCUT2D eigenvalue weighted by atomic mass is 9.94. The second-order valence-corrected chi connectivity index (χ2v) is 9.14. The lowest BCUT2D eigenvalue weighted by Crippen LogP contribution is -2.46. The molecule has 1 aliphatic rings. The van der Waals surface area contributed by atoms with Gasteiger partial charge >= 0.3 is 6.09 Å². The summed E-state index contributed by atoms with van der Waals surface area (Å²) in [4.78, 5) is 46.9. The molecule has 1 saturated heterocycles. The number of hydrogen-bond donors (Lipinski definition) is 1. The molecule has 2 amide bonds. The predicted octanol–water partition coefficient (Wildman–Crippen LogP) is 3.40. The number of ketones is 1. The van der Waals surface area contributed by atoms with Crippen LogP contribution in [0, 0.1) is 6.92 Å². The SMILES string of the molecule is Cc1ncc(-c2ccc(C(N)=O)c(CCC(=O)[C@@H]3[C@@H](F)CCN3C(=O)OC(C)(C)C)c2)cn1. The fourth-order valence-corrected chi connectivity index (χ4v) is 3.82. The molecule has 9 heteroatoms. The van der Waals surface area contributed by atoms with Crippen LogP contribution >= 0.6 is 0 Å². The first-order valence-corrected chi connectivity index (χ1v) is 10.8. The highest BCUT2D eigenvalue weighted by Gasteiger charge is 2.43. The van der Waals surface area contributed by atoms with E-state index in [1.165, 1.54) is 0 Å². The Hall–Kier alpha value is -3.36. The number of hydrogen-bond acceptors (Lipinski definition) is 6. The van der Waals surface area contributed by atoms with Crippen LogP contribution < -0.4 is 5.73 Å². The van der Waals surface area contributed by atoms with Crippen LogP contribution in [0.5, 0.6) is 0 Å². The average Bonchev–Trinajstić information content (AvgIpc) is 3.12.